The molecule has 1 unspecified atom stereocenters. The average Bonchev–Trinajstić information content (AvgIpc) is 2.91. The van der Waals surface area contributed by atoms with Crippen molar-refractivity contribution in [3.05, 3.63) is 29.8 Å². The number of anilines is 1. The maximum absolute atomic E-state index is 11.7. The molecule has 1 atom stereocenters. The van der Waals surface area contributed by atoms with Crippen LogP contribution in [-0.2, 0) is 9.53 Å². The van der Waals surface area contributed by atoms with Crippen molar-refractivity contribution < 1.29 is 9.53 Å². The summed E-state index contributed by atoms with van der Waals surface area (Å²) in [6.45, 7) is 4.09. The SMILES string of the molecule is Cc1ccc(NC(=O)CNCCC2CCCO2)cc1. The lowest BCUT2D eigenvalue weighted by Gasteiger charge is -2.10. The van der Waals surface area contributed by atoms with Gasteiger partial charge in [0.05, 0.1) is 12.6 Å². The second-order valence-electron chi connectivity index (χ2n) is 5.01. The summed E-state index contributed by atoms with van der Waals surface area (Å²) in [6.07, 6.45) is 3.68. The Morgan fingerprint density at radius 2 is 2.16 bits per heavy atom. The van der Waals surface area contributed by atoms with Crippen LogP contribution in [-0.4, -0.2) is 31.7 Å². The van der Waals surface area contributed by atoms with Gasteiger partial charge in [-0.1, -0.05) is 17.7 Å². The normalized spacial score (nSPS) is 18.5. The van der Waals surface area contributed by atoms with Gasteiger partial charge in [-0.2, -0.15) is 0 Å². The van der Waals surface area contributed by atoms with Crippen molar-refractivity contribution in [2.75, 3.05) is 25.0 Å². The van der Waals surface area contributed by atoms with Gasteiger partial charge in [0.2, 0.25) is 5.91 Å². The lowest BCUT2D eigenvalue weighted by atomic mass is 10.2. The van der Waals surface area contributed by atoms with Crippen LogP contribution < -0.4 is 10.6 Å². The molecule has 2 N–H and O–H groups in total. The number of carbonyl (C=O) groups is 1. The first-order chi connectivity index (χ1) is 9.24. The largest absolute Gasteiger partial charge is 0.378 e. The molecule has 1 aliphatic rings. The van der Waals surface area contributed by atoms with Gasteiger partial charge in [0.1, 0.15) is 0 Å². The standard InChI is InChI=1S/C15H22N2O2/c1-12-4-6-13(7-5-12)17-15(18)11-16-9-8-14-3-2-10-19-14/h4-7,14,16H,2-3,8-11H2,1H3,(H,17,18). The van der Waals surface area contributed by atoms with Crippen LogP contribution in [0.5, 0.6) is 0 Å². The van der Waals surface area contributed by atoms with Crippen LogP contribution in [0.3, 0.4) is 0 Å². The maximum atomic E-state index is 11.7. The van der Waals surface area contributed by atoms with E-state index < -0.39 is 0 Å². The number of ether oxygens (including phenoxy) is 1. The average molecular weight is 262 g/mol. The molecule has 1 fully saturated rings. The molecule has 1 saturated heterocycles. The Morgan fingerprint density at radius 1 is 1.37 bits per heavy atom. The summed E-state index contributed by atoms with van der Waals surface area (Å²) in [5.41, 5.74) is 2.03. The molecule has 1 aliphatic heterocycles. The Labute approximate surface area is 114 Å². The summed E-state index contributed by atoms with van der Waals surface area (Å²) >= 11 is 0. The molecule has 4 heteroatoms. The Hall–Kier alpha value is -1.39. The van der Waals surface area contributed by atoms with Crippen molar-refractivity contribution in [1.82, 2.24) is 5.32 Å². The van der Waals surface area contributed by atoms with E-state index in [1.54, 1.807) is 0 Å². The number of hydrogen-bond donors (Lipinski definition) is 2. The second-order valence-corrected chi connectivity index (χ2v) is 5.01. The number of rotatable bonds is 6. The van der Waals surface area contributed by atoms with Crippen molar-refractivity contribution in [2.45, 2.75) is 32.3 Å². The minimum absolute atomic E-state index is 0.00352. The highest BCUT2D eigenvalue weighted by Gasteiger charge is 2.14. The van der Waals surface area contributed by atoms with Gasteiger partial charge in [-0.25, -0.2) is 0 Å². The van der Waals surface area contributed by atoms with E-state index in [1.165, 1.54) is 12.0 Å². The van der Waals surface area contributed by atoms with Crippen molar-refractivity contribution in [3.63, 3.8) is 0 Å². The van der Waals surface area contributed by atoms with E-state index in [0.717, 1.165) is 31.7 Å². The van der Waals surface area contributed by atoms with Crippen LogP contribution in [0.1, 0.15) is 24.8 Å². The summed E-state index contributed by atoms with van der Waals surface area (Å²) in [7, 11) is 0. The predicted molar refractivity (Wildman–Crippen MR) is 76.3 cm³/mol. The molecule has 0 radical (unpaired) electrons. The van der Waals surface area contributed by atoms with E-state index in [2.05, 4.69) is 10.6 Å². The predicted octanol–water partition coefficient (Wildman–Crippen LogP) is 2.09. The van der Waals surface area contributed by atoms with Crippen LogP contribution in [0.15, 0.2) is 24.3 Å². The van der Waals surface area contributed by atoms with Gasteiger partial charge in [-0.3, -0.25) is 4.79 Å². The zero-order chi connectivity index (χ0) is 13.5. The monoisotopic (exact) mass is 262 g/mol. The third-order valence-corrected chi connectivity index (χ3v) is 3.29. The maximum Gasteiger partial charge on any atom is 0.238 e. The van der Waals surface area contributed by atoms with Crippen LogP contribution in [0.2, 0.25) is 0 Å². The fraction of sp³-hybridized carbons (Fsp3) is 0.533. The lowest BCUT2D eigenvalue weighted by Crippen LogP contribution is -2.30. The van der Waals surface area contributed by atoms with Crippen LogP contribution in [0.4, 0.5) is 5.69 Å². The van der Waals surface area contributed by atoms with Gasteiger partial charge in [-0.05, 0) is 44.9 Å². The fourth-order valence-corrected chi connectivity index (χ4v) is 2.18. The number of amides is 1. The topological polar surface area (TPSA) is 50.4 Å². The summed E-state index contributed by atoms with van der Waals surface area (Å²) in [6, 6.07) is 7.81. The molecule has 0 spiro atoms. The smallest absolute Gasteiger partial charge is 0.238 e. The molecule has 0 bridgehead atoms. The number of hydrogen-bond acceptors (Lipinski definition) is 3. The van der Waals surface area contributed by atoms with Crippen LogP contribution >= 0.6 is 0 Å². The van der Waals surface area contributed by atoms with Crippen molar-refractivity contribution in [3.8, 4) is 0 Å². The van der Waals surface area contributed by atoms with Gasteiger partial charge in [-0.15, -0.1) is 0 Å². The summed E-state index contributed by atoms with van der Waals surface area (Å²) in [5, 5.41) is 6.02. The number of benzene rings is 1. The highest BCUT2D eigenvalue weighted by atomic mass is 16.5. The molecule has 1 amide bonds. The molecule has 4 nitrogen and oxygen atoms in total. The third kappa shape index (κ3) is 5.01. The van der Waals surface area contributed by atoms with E-state index in [0.29, 0.717) is 12.6 Å². The molecule has 19 heavy (non-hydrogen) atoms. The summed E-state index contributed by atoms with van der Waals surface area (Å²) < 4.78 is 5.53. The van der Waals surface area contributed by atoms with Gasteiger partial charge in [0, 0.05) is 12.3 Å². The molecule has 1 heterocycles. The highest BCUT2D eigenvalue weighted by Crippen LogP contribution is 2.14. The van der Waals surface area contributed by atoms with E-state index in [-0.39, 0.29) is 5.91 Å². The molecule has 1 aromatic rings. The number of aryl methyl sites for hydroxylation is 1. The van der Waals surface area contributed by atoms with E-state index in [1.807, 2.05) is 31.2 Å². The van der Waals surface area contributed by atoms with Gasteiger partial charge < -0.3 is 15.4 Å². The molecule has 2 rings (SSSR count). The quantitative estimate of drug-likeness (QED) is 0.772. The van der Waals surface area contributed by atoms with E-state index in [9.17, 15) is 4.79 Å². The molecule has 0 aliphatic carbocycles. The molecular formula is C15H22N2O2. The van der Waals surface area contributed by atoms with E-state index >= 15 is 0 Å². The van der Waals surface area contributed by atoms with Crippen molar-refractivity contribution >= 4 is 11.6 Å². The first-order valence-corrected chi connectivity index (χ1v) is 6.93. The molecule has 104 valence electrons. The lowest BCUT2D eigenvalue weighted by molar-refractivity contribution is -0.115. The molecular weight excluding hydrogens is 240 g/mol. The van der Waals surface area contributed by atoms with Gasteiger partial charge >= 0.3 is 0 Å². The Morgan fingerprint density at radius 3 is 2.84 bits per heavy atom. The van der Waals surface area contributed by atoms with Crippen molar-refractivity contribution in [1.29, 1.82) is 0 Å². The number of carbonyl (C=O) groups excluding carboxylic acids is 1. The van der Waals surface area contributed by atoms with Crippen LogP contribution in [0, 0.1) is 6.92 Å². The summed E-state index contributed by atoms with van der Waals surface area (Å²) in [4.78, 5) is 11.7. The Kier molecular flexibility index (Phi) is 5.36. The number of nitrogens with one attached hydrogen (secondary N) is 2. The fourth-order valence-electron chi connectivity index (χ4n) is 2.18. The summed E-state index contributed by atoms with van der Waals surface area (Å²) in [5.74, 6) is -0.00352. The Bertz CT molecular complexity index is 397. The Balaban J connectivity index is 1.60. The minimum Gasteiger partial charge on any atom is -0.378 e. The molecule has 1 aromatic carbocycles. The first kappa shape index (κ1) is 14.0. The van der Waals surface area contributed by atoms with E-state index in [4.69, 9.17) is 4.74 Å². The highest BCUT2D eigenvalue weighted by molar-refractivity contribution is 5.92. The van der Waals surface area contributed by atoms with Crippen LogP contribution in [0.25, 0.3) is 0 Å². The minimum atomic E-state index is -0.00352. The van der Waals surface area contributed by atoms with Crippen molar-refractivity contribution in [2.24, 2.45) is 0 Å². The second kappa shape index (κ2) is 7.26. The zero-order valence-electron chi connectivity index (χ0n) is 11.4. The third-order valence-electron chi connectivity index (χ3n) is 3.29. The van der Waals surface area contributed by atoms with Gasteiger partial charge in [0.25, 0.3) is 0 Å². The van der Waals surface area contributed by atoms with Gasteiger partial charge in [0.15, 0.2) is 0 Å². The molecule has 0 saturated carbocycles. The first-order valence-electron chi connectivity index (χ1n) is 6.93. The molecule has 0 aromatic heterocycles. The zero-order valence-corrected chi connectivity index (χ0v) is 11.4.